The van der Waals surface area contributed by atoms with Crippen LogP contribution in [0.3, 0.4) is 0 Å². The zero-order valence-corrected chi connectivity index (χ0v) is 17.6. The molecule has 0 spiro atoms. The van der Waals surface area contributed by atoms with Gasteiger partial charge in [0.05, 0.1) is 6.42 Å². The molecule has 0 saturated carbocycles. The maximum Gasteiger partial charge on any atom is 0.308 e. The number of hydrogen-bond acceptors (Lipinski definition) is 5. The summed E-state index contributed by atoms with van der Waals surface area (Å²) in [5, 5.41) is 3.29. The molecule has 1 heterocycles. The molecule has 2 aromatic rings. The van der Waals surface area contributed by atoms with Crippen LogP contribution in [0.5, 0.6) is 5.75 Å². The number of piperazine rings is 1. The smallest absolute Gasteiger partial charge is 0.308 e. The third-order valence-corrected chi connectivity index (χ3v) is 4.87. The molecule has 2 amide bonds. The topological polar surface area (TPSA) is 84.9 Å². The molecular formula is C23H23ClN2O5. The van der Waals surface area contributed by atoms with E-state index in [1.54, 1.807) is 42.5 Å². The molecule has 0 radical (unpaired) electrons. The van der Waals surface area contributed by atoms with Crippen LogP contribution >= 0.6 is 11.6 Å². The molecule has 1 atom stereocenters. The molecule has 1 saturated heterocycles. The van der Waals surface area contributed by atoms with Crippen LogP contribution < -0.4 is 10.1 Å². The lowest BCUT2D eigenvalue weighted by molar-refractivity contribution is -0.151. The number of carbonyl (C=O) groups excluding carboxylic acids is 3. The number of benzene rings is 2. The van der Waals surface area contributed by atoms with Crippen LogP contribution in [0.4, 0.5) is 0 Å². The maximum absolute atomic E-state index is 12.7. The van der Waals surface area contributed by atoms with E-state index in [1.165, 1.54) is 11.0 Å². The van der Waals surface area contributed by atoms with Crippen molar-refractivity contribution in [3.05, 3.63) is 71.3 Å². The van der Waals surface area contributed by atoms with Gasteiger partial charge in [0.25, 0.3) is 0 Å². The summed E-state index contributed by atoms with van der Waals surface area (Å²) in [6.45, 7) is 0.881. The zero-order chi connectivity index (χ0) is 22.1. The second kappa shape index (κ2) is 11.2. The normalized spacial score (nSPS) is 16.1. The Morgan fingerprint density at radius 3 is 2.58 bits per heavy atom. The minimum Gasteiger partial charge on any atom is -0.490 e. The van der Waals surface area contributed by atoms with Crippen LogP contribution in [-0.2, 0) is 19.1 Å². The lowest BCUT2D eigenvalue weighted by Crippen LogP contribution is -2.57. The van der Waals surface area contributed by atoms with Crippen LogP contribution in [0.2, 0.25) is 5.02 Å². The van der Waals surface area contributed by atoms with Crippen molar-refractivity contribution in [2.75, 3.05) is 26.3 Å². The minimum absolute atomic E-state index is 0.0481. The highest BCUT2D eigenvalue weighted by Crippen LogP contribution is 2.14. The summed E-state index contributed by atoms with van der Waals surface area (Å²) >= 11 is 5.86. The lowest BCUT2D eigenvalue weighted by atomic mass is 10.1. The number of amides is 2. The number of nitrogens with one attached hydrogen (secondary N) is 1. The van der Waals surface area contributed by atoms with Crippen LogP contribution in [0, 0.1) is 0 Å². The fraction of sp³-hybridized carbons (Fsp3) is 0.261. The van der Waals surface area contributed by atoms with Gasteiger partial charge in [-0.05, 0) is 35.9 Å². The Bertz CT molecular complexity index is 931. The molecule has 31 heavy (non-hydrogen) atoms. The SMILES string of the molecule is O=C(CC1C(=O)NCCN1C(=O)/C=C/c1ccc(Cl)cc1)OCCOc1ccccc1. The van der Waals surface area contributed by atoms with E-state index in [0.717, 1.165) is 5.56 Å². The summed E-state index contributed by atoms with van der Waals surface area (Å²) in [4.78, 5) is 38.6. The standard InChI is InChI=1S/C23H23ClN2O5/c24-18-9-6-17(7-10-18)8-11-21(27)26-13-12-25-23(29)20(26)16-22(28)31-15-14-30-19-4-2-1-3-5-19/h1-11,20H,12-16H2,(H,25,29)/b11-8+. The zero-order valence-electron chi connectivity index (χ0n) is 16.8. The molecule has 0 aliphatic carbocycles. The van der Waals surface area contributed by atoms with E-state index < -0.39 is 12.0 Å². The van der Waals surface area contributed by atoms with Crippen molar-refractivity contribution in [2.24, 2.45) is 0 Å². The molecule has 0 bridgehead atoms. The molecule has 1 aliphatic heterocycles. The van der Waals surface area contributed by atoms with Crippen LogP contribution in [0.15, 0.2) is 60.7 Å². The second-order valence-corrected chi connectivity index (χ2v) is 7.25. The first-order chi connectivity index (χ1) is 15.0. The Labute approximate surface area is 185 Å². The van der Waals surface area contributed by atoms with Crippen LogP contribution in [0.25, 0.3) is 6.08 Å². The summed E-state index contributed by atoms with van der Waals surface area (Å²) in [6, 6.07) is 15.2. The lowest BCUT2D eigenvalue weighted by Gasteiger charge is -2.33. The molecule has 7 nitrogen and oxygen atoms in total. The average molecular weight is 443 g/mol. The highest BCUT2D eigenvalue weighted by atomic mass is 35.5. The maximum atomic E-state index is 12.7. The Kier molecular flexibility index (Phi) is 8.06. The Balaban J connectivity index is 1.52. The molecule has 162 valence electrons. The second-order valence-electron chi connectivity index (χ2n) is 6.81. The number of carbonyl (C=O) groups is 3. The van der Waals surface area contributed by atoms with E-state index in [-0.39, 0.29) is 31.4 Å². The van der Waals surface area contributed by atoms with Gasteiger partial charge >= 0.3 is 5.97 Å². The number of ether oxygens (including phenoxy) is 2. The summed E-state index contributed by atoms with van der Waals surface area (Å²) in [5.74, 6) is -0.625. The molecule has 8 heteroatoms. The highest BCUT2D eigenvalue weighted by molar-refractivity contribution is 6.30. The first-order valence-electron chi connectivity index (χ1n) is 9.88. The van der Waals surface area contributed by atoms with Crippen molar-refractivity contribution in [3.8, 4) is 5.75 Å². The summed E-state index contributed by atoms with van der Waals surface area (Å²) in [5.41, 5.74) is 0.800. The first kappa shape index (κ1) is 22.4. The first-order valence-corrected chi connectivity index (χ1v) is 10.3. The van der Waals surface area contributed by atoms with E-state index in [4.69, 9.17) is 21.1 Å². The van der Waals surface area contributed by atoms with E-state index in [0.29, 0.717) is 23.9 Å². The van der Waals surface area contributed by atoms with Crippen molar-refractivity contribution in [2.45, 2.75) is 12.5 Å². The van der Waals surface area contributed by atoms with Gasteiger partial charge in [0.2, 0.25) is 11.8 Å². The van der Waals surface area contributed by atoms with Crippen molar-refractivity contribution >= 4 is 35.5 Å². The van der Waals surface area contributed by atoms with Crippen LogP contribution in [-0.4, -0.2) is 55.0 Å². The fourth-order valence-corrected chi connectivity index (χ4v) is 3.19. The van der Waals surface area contributed by atoms with E-state index in [2.05, 4.69) is 5.32 Å². The van der Waals surface area contributed by atoms with Gasteiger partial charge in [-0.2, -0.15) is 0 Å². The monoisotopic (exact) mass is 442 g/mol. The Hall–Kier alpha value is -3.32. The van der Waals surface area contributed by atoms with Gasteiger partial charge in [0.1, 0.15) is 25.0 Å². The van der Waals surface area contributed by atoms with Crippen molar-refractivity contribution in [1.82, 2.24) is 10.2 Å². The largest absolute Gasteiger partial charge is 0.490 e. The number of hydrogen-bond donors (Lipinski definition) is 1. The van der Waals surface area contributed by atoms with Crippen molar-refractivity contribution < 1.29 is 23.9 Å². The van der Waals surface area contributed by atoms with Gasteiger partial charge in [-0.25, -0.2) is 0 Å². The molecule has 1 aliphatic rings. The third-order valence-electron chi connectivity index (χ3n) is 4.62. The third kappa shape index (κ3) is 6.86. The number of halogens is 1. The summed E-state index contributed by atoms with van der Waals surface area (Å²) in [6.07, 6.45) is 2.80. The molecule has 1 N–H and O–H groups in total. The number of nitrogens with zero attached hydrogens (tertiary/aromatic N) is 1. The quantitative estimate of drug-likeness (QED) is 0.386. The molecule has 3 rings (SSSR count). The van der Waals surface area contributed by atoms with E-state index in [9.17, 15) is 14.4 Å². The van der Waals surface area contributed by atoms with Crippen molar-refractivity contribution in [3.63, 3.8) is 0 Å². The highest BCUT2D eigenvalue weighted by Gasteiger charge is 2.34. The predicted octanol–water partition coefficient (Wildman–Crippen LogP) is 2.69. The average Bonchev–Trinajstić information content (AvgIpc) is 2.78. The molecule has 1 fully saturated rings. The Morgan fingerprint density at radius 1 is 1.10 bits per heavy atom. The van der Waals surface area contributed by atoms with Crippen molar-refractivity contribution in [1.29, 1.82) is 0 Å². The Morgan fingerprint density at radius 2 is 1.84 bits per heavy atom. The summed E-state index contributed by atoms with van der Waals surface area (Å²) < 4.78 is 10.6. The number of para-hydroxylation sites is 1. The summed E-state index contributed by atoms with van der Waals surface area (Å²) in [7, 11) is 0. The fourth-order valence-electron chi connectivity index (χ4n) is 3.07. The predicted molar refractivity (Wildman–Crippen MR) is 117 cm³/mol. The molecular weight excluding hydrogens is 420 g/mol. The number of rotatable bonds is 8. The molecule has 0 aromatic heterocycles. The number of esters is 1. The van der Waals surface area contributed by atoms with Gasteiger partial charge in [-0.3, -0.25) is 14.4 Å². The van der Waals surface area contributed by atoms with E-state index >= 15 is 0 Å². The van der Waals surface area contributed by atoms with Gasteiger partial charge in [0, 0.05) is 24.2 Å². The van der Waals surface area contributed by atoms with Gasteiger partial charge in [0.15, 0.2) is 0 Å². The van der Waals surface area contributed by atoms with Gasteiger partial charge in [-0.15, -0.1) is 0 Å². The molecule has 2 aromatic carbocycles. The van der Waals surface area contributed by atoms with Gasteiger partial charge in [-0.1, -0.05) is 41.9 Å². The van der Waals surface area contributed by atoms with Crippen LogP contribution in [0.1, 0.15) is 12.0 Å². The van der Waals surface area contributed by atoms with Gasteiger partial charge < -0.3 is 19.7 Å². The molecule has 1 unspecified atom stereocenters. The van der Waals surface area contributed by atoms with E-state index in [1.807, 2.05) is 18.2 Å². The minimum atomic E-state index is -0.918.